The molecule has 1 saturated carbocycles. The average molecular weight is 406 g/mol. The number of nitrogens with zero attached hydrogens (tertiary/aromatic N) is 5. The van der Waals surface area contributed by atoms with E-state index in [-0.39, 0.29) is 4.92 Å². The van der Waals surface area contributed by atoms with E-state index < -0.39 is 0 Å². The highest BCUT2D eigenvalue weighted by atomic mass is 35.5. The van der Waals surface area contributed by atoms with E-state index in [1.165, 1.54) is 12.8 Å². The van der Waals surface area contributed by atoms with Crippen LogP contribution in [0.5, 0.6) is 0 Å². The Morgan fingerprint density at radius 2 is 2.21 bits per heavy atom. The Balaban J connectivity index is 1.67. The van der Waals surface area contributed by atoms with Gasteiger partial charge < -0.3 is 9.80 Å². The van der Waals surface area contributed by atoms with Crippen LogP contribution in [0.15, 0.2) is 29.8 Å². The zero-order valence-corrected chi connectivity index (χ0v) is 17.1. The van der Waals surface area contributed by atoms with E-state index in [2.05, 4.69) is 26.6 Å². The number of hydrogen-bond acceptors (Lipinski definition) is 6. The van der Waals surface area contributed by atoms with Crippen LogP contribution in [-0.4, -0.2) is 57.0 Å². The van der Waals surface area contributed by atoms with Crippen molar-refractivity contribution in [3.63, 3.8) is 0 Å². The third kappa shape index (κ3) is 3.82. The lowest BCUT2D eigenvalue weighted by molar-refractivity contribution is -0.434. The van der Waals surface area contributed by atoms with E-state index in [1.807, 2.05) is 6.07 Å². The van der Waals surface area contributed by atoms with Gasteiger partial charge in [-0.1, -0.05) is 37.4 Å². The van der Waals surface area contributed by atoms with E-state index in [4.69, 9.17) is 11.6 Å². The van der Waals surface area contributed by atoms with Crippen LogP contribution >= 0.6 is 11.6 Å². The lowest BCUT2D eigenvalue weighted by Crippen LogP contribution is -2.59. The summed E-state index contributed by atoms with van der Waals surface area (Å²) in [5.41, 5.74) is 1.37. The molecule has 152 valence electrons. The maximum atomic E-state index is 12.0. The Morgan fingerprint density at radius 3 is 2.93 bits per heavy atom. The Labute approximate surface area is 171 Å². The van der Waals surface area contributed by atoms with Gasteiger partial charge in [0.15, 0.2) is 5.82 Å². The molecule has 0 bridgehead atoms. The second kappa shape index (κ2) is 8.25. The van der Waals surface area contributed by atoms with Crippen molar-refractivity contribution in [1.29, 1.82) is 0 Å². The number of unbranched alkanes of at least 4 members (excludes halogenated alkanes) is 1. The number of hydrogen-bond donors (Lipinski definition) is 0. The van der Waals surface area contributed by atoms with Gasteiger partial charge in [0.05, 0.1) is 18.1 Å². The summed E-state index contributed by atoms with van der Waals surface area (Å²) >= 11 is 5.92. The SMILES string of the molecule is CCCCN1CC([N+](=O)[O-])=C2N(Cc3ccc(Cl)nc3)CC3CCCC3N2C1. The fraction of sp³-hybridized carbons (Fsp3) is 0.650. The molecule has 4 rings (SSSR count). The minimum Gasteiger partial charge on any atom is -0.348 e. The summed E-state index contributed by atoms with van der Waals surface area (Å²) in [5.74, 6) is 1.40. The van der Waals surface area contributed by atoms with Crippen molar-refractivity contribution in [2.45, 2.75) is 51.6 Å². The van der Waals surface area contributed by atoms with Crippen molar-refractivity contribution in [2.24, 2.45) is 5.92 Å². The summed E-state index contributed by atoms with van der Waals surface area (Å²) in [5, 5.41) is 12.5. The molecular weight excluding hydrogens is 378 g/mol. The van der Waals surface area contributed by atoms with Crippen molar-refractivity contribution in [2.75, 3.05) is 26.3 Å². The van der Waals surface area contributed by atoms with E-state index in [1.54, 1.807) is 12.3 Å². The van der Waals surface area contributed by atoms with E-state index in [0.29, 0.717) is 35.9 Å². The summed E-state index contributed by atoms with van der Waals surface area (Å²) < 4.78 is 0. The molecule has 7 nitrogen and oxygen atoms in total. The number of aromatic nitrogens is 1. The highest BCUT2D eigenvalue weighted by molar-refractivity contribution is 6.29. The van der Waals surface area contributed by atoms with Gasteiger partial charge in [0.1, 0.15) is 5.15 Å². The van der Waals surface area contributed by atoms with Crippen molar-refractivity contribution >= 4 is 11.6 Å². The number of fused-ring (bicyclic) bond motifs is 3. The van der Waals surface area contributed by atoms with Gasteiger partial charge >= 0.3 is 0 Å². The van der Waals surface area contributed by atoms with Crippen LogP contribution in [0.3, 0.4) is 0 Å². The molecule has 0 radical (unpaired) electrons. The van der Waals surface area contributed by atoms with Gasteiger partial charge in [-0.2, -0.15) is 0 Å². The molecule has 3 heterocycles. The first-order valence-corrected chi connectivity index (χ1v) is 10.7. The van der Waals surface area contributed by atoms with Gasteiger partial charge in [0.2, 0.25) is 0 Å². The maximum Gasteiger partial charge on any atom is 0.300 e. The first-order valence-electron chi connectivity index (χ1n) is 10.3. The molecule has 0 amide bonds. The fourth-order valence-electron chi connectivity index (χ4n) is 4.95. The molecule has 1 saturated heterocycles. The van der Waals surface area contributed by atoms with Crippen molar-refractivity contribution in [3.8, 4) is 0 Å². The number of halogens is 1. The topological polar surface area (TPSA) is 65.8 Å². The molecule has 2 fully saturated rings. The van der Waals surface area contributed by atoms with Gasteiger partial charge in [-0.3, -0.25) is 15.0 Å². The van der Waals surface area contributed by atoms with Crippen LogP contribution in [0.4, 0.5) is 0 Å². The highest BCUT2D eigenvalue weighted by Gasteiger charge is 2.46. The average Bonchev–Trinajstić information content (AvgIpc) is 3.16. The Kier molecular flexibility index (Phi) is 5.73. The summed E-state index contributed by atoms with van der Waals surface area (Å²) in [6, 6.07) is 4.17. The quantitative estimate of drug-likeness (QED) is 0.409. The molecular formula is C20H28ClN5O2. The molecule has 1 aliphatic carbocycles. The second-order valence-electron chi connectivity index (χ2n) is 8.17. The molecule has 1 aromatic rings. The number of pyridine rings is 1. The molecule has 0 aromatic carbocycles. The smallest absolute Gasteiger partial charge is 0.300 e. The molecule has 2 unspecified atom stereocenters. The predicted molar refractivity (Wildman–Crippen MR) is 108 cm³/mol. The summed E-state index contributed by atoms with van der Waals surface area (Å²) in [7, 11) is 0. The van der Waals surface area contributed by atoms with E-state index >= 15 is 0 Å². The Morgan fingerprint density at radius 1 is 1.36 bits per heavy atom. The van der Waals surface area contributed by atoms with Crippen LogP contribution in [0, 0.1) is 16.0 Å². The van der Waals surface area contributed by atoms with Crippen LogP contribution in [0.25, 0.3) is 0 Å². The Hall–Kier alpha value is -1.86. The highest BCUT2D eigenvalue weighted by Crippen LogP contribution is 2.41. The Bertz CT molecular complexity index is 753. The van der Waals surface area contributed by atoms with Gasteiger partial charge in [-0.15, -0.1) is 0 Å². The van der Waals surface area contributed by atoms with Gasteiger partial charge in [-0.05, 0) is 36.8 Å². The summed E-state index contributed by atoms with van der Waals surface area (Å²) in [4.78, 5) is 22.8. The molecule has 2 atom stereocenters. The minimum atomic E-state index is -0.164. The minimum absolute atomic E-state index is 0.164. The van der Waals surface area contributed by atoms with Crippen molar-refractivity contribution < 1.29 is 4.92 Å². The van der Waals surface area contributed by atoms with Crippen LogP contribution in [-0.2, 0) is 6.54 Å². The van der Waals surface area contributed by atoms with Gasteiger partial charge in [0.25, 0.3) is 5.70 Å². The standard InChI is InChI=1S/C20H28ClN5O2/c1-2-3-9-23-13-18(26(27)28)20-24(11-15-7-8-19(21)22-10-15)12-16-5-4-6-17(16)25(20)14-23/h7-8,10,16-17H,2-6,9,11-14H2,1H3. The first-order chi connectivity index (χ1) is 13.6. The van der Waals surface area contributed by atoms with Crippen LogP contribution in [0.2, 0.25) is 5.15 Å². The van der Waals surface area contributed by atoms with Crippen molar-refractivity contribution in [3.05, 3.63) is 50.7 Å². The molecule has 1 aromatic heterocycles. The number of nitro groups is 1. The summed E-state index contributed by atoms with van der Waals surface area (Å²) in [6.45, 7) is 5.80. The molecule has 0 spiro atoms. The lowest BCUT2D eigenvalue weighted by Gasteiger charge is -2.50. The third-order valence-electron chi connectivity index (χ3n) is 6.24. The largest absolute Gasteiger partial charge is 0.348 e. The normalized spacial score (nSPS) is 25.1. The molecule has 3 aliphatic rings. The predicted octanol–water partition coefficient (Wildman–Crippen LogP) is 3.54. The lowest BCUT2D eigenvalue weighted by atomic mass is 9.96. The van der Waals surface area contributed by atoms with E-state index in [9.17, 15) is 10.1 Å². The maximum absolute atomic E-state index is 12.0. The van der Waals surface area contributed by atoms with Gasteiger partial charge in [-0.25, -0.2) is 4.98 Å². The van der Waals surface area contributed by atoms with Crippen molar-refractivity contribution in [1.82, 2.24) is 19.7 Å². The second-order valence-corrected chi connectivity index (χ2v) is 8.56. The summed E-state index contributed by atoms with van der Waals surface area (Å²) in [6.07, 6.45) is 7.49. The van der Waals surface area contributed by atoms with Crippen LogP contribution in [0.1, 0.15) is 44.6 Å². The van der Waals surface area contributed by atoms with E-state index in [0.717, 1.165) is 50.4 Å². The van der Waals surface area contributed by atoms with Gasteiger partial charge in [0, 0.05) is 31.9 Å². The third-order valence-corrected chi connectivity index (χ3v) is 6.46. The monoisotopic (exact) mass is 405 g/mol. The molecule has 28 heavy (non-hydrogen) atoms. The fourth-order valence-corrected chi connectivity index (χ4v) is 5.06. The molecule has 0 N–H and O–H groups in total. The zero-order chi connectivity index (χ0) is 19.7. The number of rotatable bonds is 6. The zero-order valence-electron chi connectivity index (χ0n) is 16.4. The first kappa shape index (κ1) is 19.5. The molecule has 2 aliphatic heterocycles. The molecule has 8 heteroatoms. The van der Waals surface area contributed by atoms with Crippen LogP contribution < -0.4 is 0 Å².